The van der Waals surface area contributed by atoms with Crippen molar-refractivity contribution < 1.29 is 31.7 Å². The van der Waals surface area contributed by atoms with Crippen molar-refractivity contribution in [1.82, 2.24) is 4.90 Å². The normalized spacial score (nSPS) is 14.3. The van der Waals surface area contributed by atoms with Crippen LogP contribution in [0.15, 0.2) is 0 Å². The van der Waals surface area contributed by atoms with Gasteiger partial charge in [-0.3, -0.25) is 0 Å². The lowest BCUT2D eigenvalue weighted by Gasteiger charge is -2.31. The van der Waals surface area contributed by atoms with E-state index in [1.807, 2.05) is 0 Å². The molecule has 0 heterocycles. The zero-order valence-electron chi connectivity index (χ0n) is 16.1. The molecule has 0 spiro atoms. The fourth-order valence-electron chi connectivity index (χ4n) is 1.57. The first-order valence-electron chi connectivity index (χ1n) is 8.58. The van der Waals surface area contributed by atoms with E-state index < -0.39 is 35.4 Å². The van der Waals surface area contributed by atoms with E-state index in [0.717, 1.165) is 0 Å². The number of ether oxygens (including phenoxy) is 2. The van der Waals surface area contributed by atoms with Gasteiger partial charge < -0.3 is 20.3 Å². The molecule has 0 fully saturated rings. The Kier molecular flexibility index (Phi) is 6.20. The van der Waals surface area contributed by atoms with Gasteiger partial charge in [0.15, 0.2) is 0 Å². The van der Waals surface area contributed by atoms with Crippen molar-refractivity contribution in [2.24, 2.45) is 5.73 Å². The lowest BCUT2D eigenvalue weighted by molar-refractivity contribution is -0.143. The highest BCUT2D eigenvalue weighted by Gasteiger charge is 2.39. The van der Waals surface area contributed by atoms with Crippen LogP contribution in [0, 0.1) is 0 Å². The van der Waals surface area contributed by atoms with E-state index in [4.69, 9.17) is 17.9 Å². The van der Waals surface area contributed by atoms with Crippen molar-refractivity contribution in [3.05, 3.63) is 0 Å². The lowest BCUT2D eigenvalue weighted by atomic mass is 10.1. The van der Waals surface area contributed by atoms with Crippen LogP contribution in [0.2, 0.25) is 0 Å². The maximum atomic E-state index is 12.4. The van der Waals surface area contributed by atoms with Crippen molar-refractivity contribution in [3.63, 3.8) is 0 Å². The molecule has 1 atom stereocenters. The standard InChI is InChI=1S/C15H28N2O6/c1-14(2,3)22-12(20)17(13(21)23-15(4,5)6)10(11(18)19)8-7-9-16/h10H,7-9,16H2,1-6H3,(H,18,19)/t10-/m0/s1/i1D,4D. The number of carboxylic acid groups (broad SMARTS) is 1. The van der Waals surface area contributed by atoms with Crippen LogP contribution in [0.25, 0.3) is 0 Å². The van der Waals surface area contributed by atoms with Crippen LogP contribution in [0.3, 0.4) is 0 Å². The minimum absolute atomic E-state index is 0.0708. The summed E-state index contributed by atoms with van der Waals surface area (Å²) in [6, 6.07) is -1.52. The molecule has 23 heavy (non-hydrogen) atoms. The number of carbonyl (C=O) groups excluding carboxylic acids is 2. The van der Waals surface area contributed by atoms with Gasteiger partial charge in [-0.05, 0) is 60.9 Å². The largest absolute Gasteiger partial charge is 0.480 e. The van der Waals surface area contributed by atoms with Crippen LogP contribution in [-0.4, -0.2) is 52.0 Å². The molecule has 8 nitrogen and oxygen atoms in total. The van der Waals surface area contributed by atoms with Gasteiger partial charge in [-0.25, -0.2) is 14.4 Å². The summed E-state index contributed by atoms with van der Waals surface area (Å²) < 4.78 is 24.9. The molecule has 0 bridgehead atoms. The monoisotopic (exact) mass is 334 g/mol. The minimum atomic E-state index is -1.52. The first-order valence-corrected chi connectivity index (χ1v) is 7.17. The van der Waals surface area contributed by atoms with Gasteiger partial charge in [0.05, 0.1) is 0 Å². The van der Waals surface area contributed by atoms with Gasteiger partial charge in [0.1, 0.15) is 17.2 Å². The highest BCUT2D eigenvalue weighted by Crippen LogP contribution is 2.19. The van der Waals surface area contributed by atoms with Crippen LogP contribution < -0.4 is 5.73 Å². The molecule has 0 aliphatic rings. The van der Waals surface area contributed by atoms with Gasteiger partial charge >= 0.3 is 18.2 Å². The minimum Gasteiger partial charge on any atom is -0.480 e. The van der Waals surface area contributed by atoms with Crippen molar-refractivity contribution >= 4 is 18.2 Å². The van der Waals surface area contributed by atoms with E-state index in [-0.39, 0.29) is 33.2 Å². The van der Waals surface area contributed by atoms with E-state index in [0.29, 0.717) is 4.90 Å². The maximum Gasteiger partial charge on any atom is 0.420 e. The van der Waals surface area contributed by atoms with Gasteiger partial charge in [0.2, 0.25) is 0 Å². The van der Waals surface area contributed by atoms with E-state index in [1.165, 1.54) is 27.7 Å². The van der Waals surface area contributed by atoms with Crippen LogP contribution >= 0.6 is 0 Å². The SMILES string of the molecule is [2H]CC(C)(C)OC(=O)N(C(=O)OC(C)(C)C[2H])[C@@H](CCCN)C(=O)O. The second-order valence-electron chi connectivity index (χ2n) is 6.41. The summed E-state index contributed by atoms with van der Waals surface area (Å²) in [5, 5.41) is 9.41. The van der Waals surface area contributed by atoms with Crippen LogP contribution in [0.1, 0.15) is 57.1 Å². The molecule has 0 aliphatic carbocycles. The summed E-state index contributed by atoms with van der Waals surface area (Å²) in [5.41, 5.74) is 2.96. The number of rotatable bonds is 5. The van der Waals surface area contributed by atoms with Crippen molar-refractivity contribution in [2.75, 3.05) is 6.54 Å². The average molecular weight is 334 g/mol. The molecule has 0 rings (SSSR count). The summed E-state index contributed by atoms with van der Waals surface area (Å²) in [5.74, 6) is -1.41. The average Bonchev–Trinajstić information content (AvgIpc) is 2.49. The third-order valence-electron chi connectivity index (χ3n) is 2.40. The molecule has 0 aliphatic heterocycles. The molecule has 0 radical (unpaired) electrons. The number of carbonyl (C=O) groups is 3. The third-order valence-corrected chi connectivity index (χ3v) is 2.40. The van der Waals surface area contributed by atoms with Crippen LogP contribution in [-0.2, 0) is 14.3 Å². The number of imide groups is 1. The van der Waals surface area contributed by atoms with Gasteiger partial charge in [-0.15, -0.1) is 0 Å². The quantitative estimate of drug-likeness (QED) is 0.792. The molecule has 0 saturated heterocycles. The number of aliphatic carboxylic acids is 1. The number of nitrogens with zero attached hydrogens (tertiary/aromatic N) is 1. The highest BCUT2D eigenvalue weighted by molar-refractivity contribution is 5.93. The summed E-state index contributed by atoms with van der Waals surface area (Å²) in [6.45, 7) is 5.48. The fourth-order valence-corrected chi connectivity index (χ4v) is 1.57. The molecule has 0 aromatic carbocycles. The predicted molar refractivity (Wildman–Crippen MR) is 84.0 cm³/mol. The number of carboxylic acids is 1. The highest BCUT2D eigenvalue weighted by atomic mass is 16.6. The molecule has 3 N–H and O–H groups in total. The lowest BCUT2D eigenvalue weighted by Crippen LogP contribution is -2.52. The maximum absolute atomic E-state index is 12.4. The summed E-state index contributed by atoms with van der Waals surface area (Å²) in [7, 11) is 0. The Morgan fingerprint density at radius 3 is 1.87 bits per heavy atom. The predicted octanol–water partition coefficient (Wildman–Crippen LogP) is 2.35. The second kappa shape index (κ2) is 8.14. The number of nitrogens with two attached hydrogens (primary N) is 1. The van der Waals surface area contributed by atoms with E-state index >= 15 is 0 Å². The molecule has 0 aromatic heterocycles. The molecular formula is C15H28N2O6. The third kappa shape index (κ3) is 8.39. The topological polar surface area (TPSA) is 119 Å². The zero-order chi connectivity index (χ0) is 19.8. The Labute approximate surface area is 139 Å². The van der Waals surface area contributed by atoms with Crippen molar-refractivity contribution in [1.29, 1.82) is 0 Å². The number of amides is 2. The van der Waals surface area contributed by atoms with Gasteiger partial charge in [0.25, 0.3) is 0 Å². The Morgan fingerprint density at radius 2 is 1.57 bits per heavy atom. The van der Waals surface area contributed by atoms with E-state index in [2.05, 4.69) is 0 Å². The van der Waals surface area contributed by atoms with Crippen LogP contribution in [0.5, 0.6) is 0 Å². The second-order valence-corrected chi connectivity index (χ2v) is 6.41. The molecule has 134 valence electrons. The Balaban J connectivity index is 5.65. The summed E-state index contributed by atoms with van der Waals surface area (Å²) in [4.78, 5) is 36.8. The zero-order valence-corrected chi connectivity index (χ0v) is 14.1. The Hall–Kier alpha value is -1.83. The van der Waals surface area contributed by atoms with Crippen molar-refractivity contribution in [2.45, 2.75) is 71.6 Å². The first kappa shape index (κ1) is 17.5. The summed E-state index contributed by atoms with van der Waals surface area (Å²) in [6.07, 6.45) is -2.24. The first-order chi connectivity index (χ1) is 11.4. The molecule has 0 unspecified atom stereocenters. The van der Waals surface area contributed by atoms with Crippen molar-refractivity contribution in [3.8, 4) is 0 Å². The van der Waals surface area contributed by atoms with Crippen LogP contribution in [0.4, 0.5) is 9.59 Å². The molecular weight excluding hydrogens is 304 g/mol. The smallest absolute Gasteiger partial charge is 0.420 e. The summed E-state index contributed by atoms with van der Waals surface area (Å²) >= 11 is 0. The number of hydrogen-bond donors (Lipinski definition) is 2. The molecule has 8 heteroatoms. The van der Waals surface area contributed by atoms with Gasteiger partial charge in [0, 0.05) is 2.74 Å². The van der Waals surface area contributed by atoms with E-state index in [9.17, 15) is 19.5 Å². The molecule has 0 saturated carbocycles. The Morgan fingerprint density at radius 1 is 1.13 bits per heavy atom. The Bertz CT molecular complexity index is 455. The molecule has 0 aromatic rings. The number of hydrogen-bond acceptors (Lipinski definition) is 6. The van der Waals surface area contributed by atoms with Gasteiger partial charge in [-0.1, -0.05) is 0 Å². The molecule has 2 amide bonds. The van der Waals surface area contributed by atoms with E-state index in [1.54, 1.807) is 0 Å². The van der Waals surface area contributed by atoms with Gasteiger partial charge in [-0.2, -0.15) is 4.90 Å². The fraction of sp³-hybridized carbons (Fsp3) is 0.800.